The van der Waals surface area contributed by atoms with Crippen LogP contribution in [0.15, 0.2) is 35.4 Å². The lowest BCUT2D eigenvalue weighted by atomic mass is 10.1. The van der Waals surface area contributed by atoms with E-state index in [4.69, 9.17) is 12.2 Å². The Balaban J connectivity index is 2.03. The van der Waals surface area contributed by atoms with Crippen LogP contribution in [-0.2, 0) is 11.3 Å². The van der Waals surface area contributed by atoms with E-state index in [-0.39, 0.29) is 5.91 Å². The molecule has 3 rings (SSSR count). The summed E-state index contributed by atoms with van der Waals surface area (Å²) in [4.78, 5) is 14.9. The summed E-state index contributed by atoms with van der Waals surface area (Å²) >= 11 is 6.72. The minimum atomic E-state index is 0.0326. The van der Waals surface area contributed by atoms with E-state index in [2.05, 4.69) is 36.7 Å². The number of nitrogens with zero attached hydrogens (tertiary/aromatic N) is 2. The van der Waals surface area contributed by atoms with Crippen molar-refractivity contribution in [3.63, 3.8) is 0 Å². The second-order valence-corrected chi connectivity index (χ2v) is 6.90. The third kappa shape index (κ3) is 2.59. The van der Waals surface area contributed by atoms with E-state index in [0.717, 1.165) is 23.4 Å². The number of hydrogen-bond acceptors (Lipinski definition) is 3. The molecule has 1 aromatic heterocycles. The molecule has 2 heterocycles. The van der Waals surface area contributed by atoms with Gasteiger partial charge in [0.2, 0.25) is 0 Å². The zero-order valence-corrected chi connectivity index (χ0v) is 14.3. The van der Waals surface area contributed by atoms with Crippen molar-refractivity contribution in [3.05, 3.63) is 40.9 Å². The summed E-state index contributed by atoms with van der Waals surface area (Å²) in [6.45, 7) is 5.78. The van der Waals surface area contributed by atoms with Crippen molar-refractivity contribution < 1.29 is 4.79 Å². The molecule has 3 nitrogen and oxygen atoms in total. The summed E-state index contributed by atoms with van der Waals surface area (Å²) < 4.78 is 2.87. The third-order valence-corrected chi connectivity index (χ3v) is 5.15. The van der Waals surface area contributed by atoms with Crippen LogP contribution in [-0.4, -0.2) is 26.2 Å². The number of benzene rings is 1. The Labute approximate surface area is 140 Å². The molecule has 1 aliphatic heterocycles. The summed E-state index contributed by atoms with van der Waals surface area (Å²) in [5.41, 5.74) is 2.27. The molecule has 0 saturated carbocycles. The molecule has 0 atom stereocenters. The lowest BCUT2D eigenvalue weighted by Gasteiger charge is -2.11. The minimum Gasteiger partial charge on any atom is -0.347 e. The first-order chi connectivity index (χ1) is 10.7. The molecule has 0 spiro atoms. The van der Waals surface area contributed by atoms with Gasteiger partial charge in [-0.15, -0.1) is 0 Å². The van der Waals surface area contributed by atoms with E-state index in [1.807, 2.05) is 18.2 Å². The summed E-state index contributed by atoms with van der Waals surface area (Å²) in [7, 11) is 0. The van der Waals surface area contributed by atoms with E-state index in [1.165, 1.54) is 22.7 Å². The molecule has 0 radical (unpaired) electrons. The average molecular weight is 330 g/mol. The van der Waals surface area contributed by atoms with Gasteiger partial charge >= 0.3 is 0 Å². The number of carbonyl (C=O) groups is 1. The molecule has 2 aromatic rings. The Bertz CT molecular complexity index is 776. The fourth-order valence-electron chi connectivity index (χ4n) is 2.71. The molecule has 0 bridgehead atoms. The van der Waals surface area contributed by atoms with Gasteiger partial charge in [0.05, 0.1) is 4.91 Å². The highest BCUT2D eigenvalue weighted by molar-refractivity contribution is 8.26. The van der Waals surface area contributed by atoms with Gasteiger partial charge in [-0.25, -0.2) is 0 Å². The van der Waals surface area contributed by atoms with Crippen LogP contribution in [0.25, 0.3) is 17.0 Å². The summed E-state index contributed by atoms with van der Waals surface area (Å²) in [5, 5.41) is 1.17. The molecule has 22 heavy (non-hydrogen) atoms. The van der Waals surface area contributed by atoms with Gasteiger partial charge in [-0.3, -0.25) is 9.69 Å². The van der Waals surface area contributed by atoms with Crippen LogP contribution >= 0.6 is 24.0 Å². The number of aromatic nitrogens is 1. The number of carbonyl (C=O) groups excluding carboxylic acids is 1. The predicted molar refractivity (Wildman–Crippen MR) is 97.8 cm³/mol. The lowest BCUT2D eigenvalue weighted by molar-refractivity contribution is -0.122. The molecule has 1 aliphatic rings. The number of aryl methyl sites for hydroxylation is 1. The monoisotopic (exact) mass is 330 g/mol. The van der Waals surface area contributed by atoms with Crippen molar-refractivity contribution in [2.45, 2.75) is 26.8 Å². The summed E-state index contributed by atoms with van der Waals surface area (Å²) in [6.07, 6.45) is 5.00. The minimum absolute atomic E-state index is 0.0326. The zero-order valence-electron chi connectivity index (χ0n) is 12.7. The van der Waals surface area contributed by atoms with Crippen LogP contribution in [0.5, 0.6) is 0 Å². The number of amides is 1. The van der Waals surface area contributed by atoms with Gasteiger partial charge < -0.3 is 4.57 Å². The van der Waals surface area contributed by atoms with Crippen molar-refractivity contribution in [2.75, 3.05) is 6.54 Å². The van der Waals surface area contributed by atoms with Gasteiger partial charge in [-0.05, 0) is 25.5 Å². The second kappa shape index (κ2) is 6.26. The predicted octanol–water partition coefficient (Wildman–Crippen LogP) is 4.27. The number of thiocarbonyl (C=S) groups is 1. The molecule has 1 aromatic carbocycles. The molecule has 0 unspecified atom stereocenters. The number of fused-ring (bicyclic) bond motifs is 1. The molecule has 1 fully saturated rings. The molecule has 0 N–H and O–H groups in total. The fraction of sp³-hybridized carbons (Fsp3) is 0.294. The zero-order chi connectivity index (χ0) is 15.7. The van der Waals surface area contributed by atoms with Gasteiger partial charge in [0, 0.05) is 35.8 Å². The number of para-hydroxylation sites is 1. The van der Waals surface area contributed by atoms with Gasteiger partial charge in [-0.2, -0.15) is 0 Å². The maximum Gasteiger partial charge on any atom is 0.266 e. The molecular weight excluding hydrogens is 312 g/mol. The molecule has 5 heteroatoms. The SMILES string of the molecule is CCCN1C(=O)/C(=C\c2cn(CC)c3ccccc23)SC1=S. The first kappa shape index (κ1) is 15.3. The van der Waals surface area contributed by atoms with Crippen molar-refractivity contribution in [1.29, 1.82) is 0 Å². The number of thioether (sulfide) groups is 1. The normalized spacial score (nSPS) is 17.2. The lowest BCUT2D eigenvalue weighted by Crippen LogP contribution is -2.28. The molecule has 1 saturated heterocycles. The maximum absolute atomic E-state index is 12.5. The van der Waals surface area contributed by atoms with E-state index >= 15 is 0 Å². The van der Waals surface area contributed by atoms with E-state index in [0.29, 0.717) is 10.9 Å². The molecule has 0 aliphatic carbocycles. The quantitative estimate of drug-likeness (QED) is 0.618. The third-order valence-electron chi connectivity index (χ3n) is 3.77. The first-order valence-corrected chi connectivity index (χ1v) is 8.71. The van der Waals surface area contributed by atoms with E-state index in [9.17, 15) is 4.79 Å². The van der Waals surface area contributed by atoms with Gasteiger partial charge in [0.1, 0.15) is 4.32 Å². The molecular formula is C17H18N2OS2. The van der Waals surface area contributed by atoms with Gasteiger partial charge in [0.15, 0.2) is 0 Å². The summed E-state index contributed by atoms with van der Waals surface area (Å²) in [6, 6.07) is 8.28. The smallest absolute Gasteiger partial charge is 0.266 e. The van der Waals surface area contributed by atoms with Crippen molar-refractivity contribution in [3.8, 4) is 0 Å². The highest BCUT2D eigenvalue weighted by Crippen LogP contribution is 2.34. The Morgan fingerprint density at radius 3 is 2.77 bits per heavy atom. The molecule has 1 amide bonds. The van der Waals surface area contributed by atoms with Gasteiger partial charge in [0.25, 0.3) is 5.91 Å². The van der Waals surface area contributed by atoms with Crippen molar-refractivity contribution in [2.24, 2.45) is 0 Å². The summed E-state index contributed by atoms with van der Waals surface area (Å²) in [5.74, 6) is 0.0326. The number of hydrogen-bond donors (Lipinski definition) is 0. The van der Waals surface area contributed by atoms with Crippen LogP contribution < -0.4 is 0 Å². The van der Waals surface area contributed by atoms with Crippen molar-refractivity contribution in [1.82, 2.24) is 9.47 Å². The Morgan fingerprint density at radius 2 is 2.05 bits per heavy atom. The van der Waals surface area contributed by atoms with Crippen LogP contribution in [0.1, 0.15) is 25.8 Å². The largest absolute Gasteiger partial charge is 0.347 e. The second-order valence-electron chi connectivity index (χ2n) is 5.22. The number of rotatable bonds is 4. The Hall–Kier alpha value is -1.59. The maximum atomic E-state index is 12.5. The Kier molecular flexibility index (Phi) is 4.36. The topological polar surface area (TPSA) is 25.2 Å². The average Bonchev–Trinajstić information content (AvgIpc) is 3.01. The van der Waals surface area contributed by atoms with E-state index in [1.54, 1.807) is 4.90 Å². The van der Waals surface area contributed by atoms with Crippen LogP contribution in [0.4, 0.5) is 0 Å². The van der Waals surface area contributed by atoms with Crippen LogP contribution in [0, 0.1) is 0 Å². The van der Waals surface area contributed by atoms with Crippen molar-refractivity contribution >= 4 is 51.2 Å². The molecule has 114 valence electrons. The standard InChI is InChI=1S/C17H18N2OS2/c1-3-9-19-16(20)15(22-17(19)21)10-12-11-18(4-2)14-8-6-5-7-13(12)14/h5-8,10-11H,3-4,9H2,1-2H3/b15-10+. The fourth-order valence-corrected chi connectivity index (χ4v) is 4.01. The van der Waals surface area contributed by atoms with Gasteiger partial charge in [-0.1, -0.05) is 49.1 Å². The van der Waals surface area contributed by atoms with Crippen LogP contribution in [0.3, 0.4) is 0 Å². The highest BCUT2D eigenvalue weighted by Gasteiger charge is 2.31. The van der Waals surface area contributed by atoms with Crippen LogP contribution in [0.2, 0.25) is 0 Å². The van der Waals surface area contributed by atoms with E-state index < -0.39 is 0 Å². The Morgan fingerprint density at radius 1 is 1.27 bits per heavy atom. The highest BCUT2D eigenvalue weighted by atomic mass is 32.2. The first-order valence-electron chi connectivity index (χ1n) is 7.49.